The van der Waals surface area contributed by atoms with Crippen molar-refractivity contribution in [2.24, 2.45) is 5.92 Å². The Labute approximate surface area is 159 Å². The zero-order valence-corrected chi connectivity index (χ0v) is 15.4. The van der Waals surface area contributed by atoms with Crippen molar-refractivity contribution in [3.63, 3.8) is 0 Å². The second-order valence-corrected chi connectivity index (χ2v) is 7.06. The van der Waals surface area contributed by atoms with E-state index in [0.717, 1.165) is 30.9 Å². The molecule has 2 aromatic rings. The smallest absolute Gasteiger partial charge is 0.253 e. The third kappa shape index (κ3) is 4.77. The molecule has 6 heteroatoms. The van der Waals surface area contributed by atoms with Crippen LogP contribution >= 0.6 is 0 Å². The minimum absolute atomic E-state index is 0.0747. The number of aromatic nitrogens is 1. The van der Waals surface area contributed by atoms with E-state index in [1.165, 1.54) is 12.8 Å². The molecule has 1 aliphatic carbocycles. The first-order valence-electron chi connectivity index (χ1n) is 9.57. The summed E-state index contributed by atoms with van der Waals surface area (Å²) in [4.78, 5) is 19.2. The summed E-state index contributed by atoms with van der Waals surface area (Å²) in [6, 6.07) is 11.5. The molecule has 142 valence electrons. The molecule has 1 saturated heterocycles. The lowest BCUT2D eigenvalue weighted by Gasteiger charge is -2.30. The number of rotatable bonds is 7. The number of morpholine rings is 1. The standard InChI is InChI=1S/C21H25N3O3/c25-21(18-3-1-2-4-19(18)24-9-11-26-12-10-24)23-14-17-7-8-22-20(13-17)27-15-16-5-6-16/h1-4,7-8,13,16H,5-6,9-12,14-15H2,(H,23,25). The van der Waals surface area contributed by atoms with Crippen molar-refractivity contribution in [2.45, 2.75) is 19.4 Å². The van der Waals surface area contributed by atoms with E-state index in [0.29, 0.717) is 37.1 Å². The molecule has 2 fully saturated rings. The first kappa shape index (κ1) is 17.8. The largest absolute Gasteiger partial charge is 0.477 e. The first-order chi connectivity index (χ1) is 13.3. The third-order valence-corrected chi connectivity index (χ3v) is 4.92. The van der Waals surface area contributed by atoms with Gasteiger partial charge in [-0.25, -0.2) is 4.98 Å². The molecule has 6 nitrogen and oxygen atoms in total. The average Bonchev–Trinajstić information content (AvgIpc) is 3.56. The van der Waals surface area contributed by atoms with E-state index in [-0.39, 0.29) is 5.91 Å². The van der Waals surface area contributed by atoms with Crippen LogP contribution in [-0.4, -0.2) is 43.8 Å². The van der Waals surface area contributed by atoms with Crippen LogP contribution in [0, 0.1) is 5.92 Å². The summed E-state index contributed by atoms with van der Waals surface area (Å²) >= 11 is 0. The second kappa shape index (κ2) is 8.39. The van der Waals surface area contributed by atoms with E-state index >= 15 is 0 Å². The van der Waals surface area contributed by atoms with Gasteiger partial charge in [-0.05, 0) is 42.5 Å². The number of hydrogen-bond acceptors (Lipinski definition) is 5. The maximum Gasteiger partial charge on any atom is 0.253 e. The molecule has 1 aliphatic heterocycles. The van der Waals surface area contributed by atoms with Gasteiger partial charge in [-0.3, -0.25) is 4.79 Å². The molecule has 0 bridgehead atoms. The van der Waals surface area contributed by atoms with Crippen molar-refractivity contribution >= 4 is 11.6 Å². The van der Waals surface area contributed by atoms with Crippen molar-refractivity contribution in [2.75, 3.05) is 37.8 Å². The zero-order chi connectivity index (χ0) is 18.5. The number of nitrogens with one attached hydrogen (secondary N) is 1. The van der Waals surface area contributed by atoms with Crippen molar-refractivity contribution in [1.82, 2.24) is 10.3 Å². The quantitative estimate of drug-likeness (QED) is 0.815. The summed E-state index contributed by atoms with van der Waals surface area (Å²) in [5.74, 6) is 1.24. The van der Waals surface area contributed by atoms with E-state index < -0.39 is 0 Å². The minimum Gasteiger partial charge on any atom is -0.477 e. The molecule has 1 aromatic carbocycles. The van der Waals surface area contributed by atoms with E-state index in [2.05, 4.69) is 15.2 Å². The minimum atomic E-state index is -0.0747. The number of pyridine rings is 1. The second-order valence-electron chi connectivity index (χ2n) is 7.06. The average molecular weight is 367 g/mol. The number of anilines is 1. The summed E-state index contributed by atoms with van der Waals surface area (Å²) in [5.41, 5.74) is 2.63. The Hall–Kier alpha value is -2.60. The van der Waals surface area contributed by atoms with E-state index in [4.69, 9.17) is 9.47 Å². The van der Waals surface area contributed by atoms with Crippen LogP contribution < -0.4 is 15.0 Å². The molecule has 0 atom stereocenters. The summed E-state index contributed by atoms with van der Waals surface area (Å²) in [5, 5.41) is 3.02. The Balaban J connectivity index is 1.38. The fraction of sp³-hybridized carbons (Fsp3) is 0.429. The van der Waals surface area contributed by atoms with Crippen molar-refractivity contribution in [3.05, 3.63) is 53.7 Å². The van der Waals surface area contributed by atoms with Crippen LogP contribution in [0.1, 0.15) is 28.8 Å². The summed E-state index contributed by atoms with van der Waals surface area (Å²) < 4.78 is 11.1. The van der Waals surface area contributed by atoms with Gasteiger partial charge in [-0.2, -0.15) is 0 Å². The highest BCUT2D eigenvalue weighted by atomic mass is 16.5. The zero-order valence-electron chi connectivity index (χ0n) is 15.4. The fourth-order valence-corrected chi connectivity index (χ4v) is 3.15. The van der Waals surface area contributed by atoms with Crippen LogP contribution in [-0.2, 0) is 11.3 Å². The first-order valence-corrected chi connectivity index (χ1v) is 9.57. The normalized spacial score (nSPS) is 16.8. The number of amides is 1. The summed E-state index contributed by atoms with van der Waals surface area (Å²) in [6.45, 7) is 4.16. The molecule has 2 aliphatic rings. The molecule has 0 unspecified atom stereocenters. The highest BCUT2D eigenvalue weighted by Crippen LogP contribution is 2.29. The summed E-state index contributed by atoms with van der Waals surface area (Å²) in [7, 11) is 0. The van der Waals surface area contributed by atoms with Crippen molar-refractivity contribution in [1.29, 1.82) is 0 Å². The van der Waals surface area contributed by atoms with Gasteiger partial charge in [-0.1, -0.05) is 12.1 Å². The van der Waals surface area contributed by atoms with Gasteiger partial charge in [0.25, 0.3) is 5.91 Å². The third-order valence-electron chi connectivity index (χ3n) is 4.92. The van der Waals surface area contributed by atoms with Crippen LogP contribution in [0.15, 0.2) is 42.6 Å². The Morgan fingerprint density at radius 1 is 1.22 bits per heavy atom. The highest BCUT2D eigenvalue weighted by Gasteiger charge is 2.22. The molecule has 1 N–H and O–H groups in total. The Morgan fingerprint density at radius 2 is 2.04 bits per heavy atom. The lowest BCUT2D eigenvalue weighted by Crippen LogP contribution is -2.37. The van der Waals surface area contributed by atoms with Gasteiger partial charge < -0.3 is 19.7 Å². The van der Waals surface area contributed by atoms with Crippen LogP contribution in [0.5, 0.6) is 5.88 Å². The van der Waals surface area contributed by atoms with Gasteiger partial charge in [0.15, 0.2) is 0 Å². The number of ether oxygens (including phenoxy) is 2. The number of benzene rings is 1. The van der Waals surface area contributed by atoms with E-state index in [1.54, 1.807) is 6.20 Å². The van der Waals surface area contributed by atoms with E-state index in [1.807, 2.05) is 36.4 Å². The molecule has 1 amide bonds. The summed E-state index contributed by atoms with van der Waals surface area (Å²) in [6.07, 6.45) is 4.22. The Kier molecular flexibility index (Phi) is 5.53. The van der Waals surface area contributed by atoms with Crippen LogP contribution in [0.3, 0.4) is 0 Å². The molecule has 1 aromatic heterocycles. The number of carbonyl (C=O) groups excluding carboxylic acids is 1. The van der Waals surface area contributed by atoms with Gasteiger partial charge in [0.05, 0.1) is 25.4 Å². The van der Waals surface area contributed by atoms with Gasteiger partial charge in [0.1, 0.15) is 0 Å². The molecule has 0 radical (unpaired) electrons. The molecule has 2 heterocycles. The maximum atomic E-state index is 12.8. The topological polar surface area (TPSA) is 63.7 Å². The predicted octanol–water partition coefficient (Wildman–Crippen LogP) is 2.64. The molecule has 27 heavy (non-hydrogen) atoms. The van der Waals surface area contributed by atoms with Crippen LogP contribution in [0.2, 0.25) is 0 Å². The Morgan fingerprint density at radius 3 is 2.85 bits per heavy atom. The highest BCUT2D eigenvalue weighted by molar-refractivity contribution is 5.99. The van der Waals surface area contributed by atoms with Gasteiger partial charge in [0, 0.05) is 37.6 Å². The van der Waals surface area contributed by atoms with Gasteiger partial charge in [0.2, 0.25) is 5.88 Å². The molecule has 1 saturated carbocycles. The van der Waals surface area contributed by atoms with Crippen LogP contribution in [0.25, 0.3) is 0 Å². The SMILES string of the molecule is O=C(NCc1ccnc(OCC2CC2)c1)c1ccccc1N1CCOCC1. The van der Waals surface area contributed by atoms with Gasteiger partial charge >= 0.3 is 0 Å². The molecular weight excluding hydrogens is 342 g/mol. The lowest BCUT2D eigenvalue weighted by atomic mass is 10.1. The maximum absolute atomic E-state index is 12.8. The number of para-hydroxylation sites is 1. The van der Waals surface area contributed by atoms with Gasteiger partial charge in [-0.15, -0.1) is 0 Å². The number of nitrogens with zero attached hydrogens (tertiary/aromatic N) is 2. The lowest BCUT2D eigenvalue weighted by molar-refractivity contribution is 0.0949. The number of hydrogen-bond donors (Lipinski definition) is 1. The number of carbonyl (C=O) groups is 1. The molecule has 0 spiro atoms. The van der Waals surface area contributed by atoms with E-state index in [9.17, 15) is 4.79 Å². The van der Waals surface area contributed by atoms with Crippen molar-refractivity contribution < 1.29 is 14.3 Å². The van der Waals surface area contributed by atoms with Crippen LogP contribution in [0.4, 0.5) is 5.69 Å². The fourth-order valence-electron chi connectivity index (χ4n) is 3.15. The monoisotopic (exact) mass is 367 g/mol. The predicted molar refractivity (Wildman–Crippen MR) is 103 cm³/mol. The molecular formula is C21H25N3O3. The van der Waals surface area contributed by atoms with Crippen molar-refractivity contribution in [3.8, 4) is 5.88 Å². The molecule has 4 rings (SSSR count). The Bertz CT molecular complexity index is 786.